The van der Waals surface area contributed by atoms with Gasteiger partial charge < -0.3 is 9.88 Å². The van der Waals surface area contributed by atoms with Crippen molar-refractivity contribution in [1.82, 2.24) is 9.55 Å². The summed E-state index contributed by atoms with van der Waals surface area (Å²) >= 11 is 11.9. The van der Waals surface area contributed by atoms with Crippen LogP contribution in [-0.2, 0) is 6.54 Å². The van der Waals surface area contributed by atoms with Gasteiger partial charge in [-0.25, -0.2) is 4.98 Å². The summed E-state index contributed by atoms with van der Waals surface area (Å²) in [4.78, 5) is 4.40. The second-order valence-electron chi connectivity index (χ2n) is 3.93. The molecule has 2 rings (SSSR count). The van der Waals surface area contributed by atoms with E-state index in [9.17, 15) is 0 Å². The minimum absolute atomic E-state index is 0.587. The van der Waals surface area contributed by atoms with Crippen LogP contribution < -0.4 is 5.32 Å². The highest BCUT2D eigenvalue weighted by molar-refractivity contribution is 6.35. The molecule has 0 aliphatic rings. The van der Waals surface area contributed by atoms with Gasteiger partial charge in [0.25, 0.3) is 0 Å². The first-order valence-electron chi connectivity index (χ1n) is 5.46. The van der Waals surface area contributed by atoms with Gasteiger partial charge in [0.1, 0.15) is 0 Å². The number of benzene rings is 1. The largest absolute Gasteiger partial charge is 0.325 e. The number of aromatic nitrogens is 2. The topological polar surface area (TPSA) is 29.9 Å². The van der Waals surface area contributed by atoms with Crippen LogP contribution in [0.2, 0.25) is 10.0 Å². The first kappa shape index (κ1) is 13.0. The molecular weight excluding hydrogens is 269 g/mol. The third-order valence-corrected chi connectivity index (χ3v) is 2.78. The van der Waals surface area contributed by atoms with Crippen LogP contribution in [0.5, 0.6) is 0 Å². The molecule has 2 aromatic rings. The molecule has 0 fully saturated rings. The molecule has 18 heavy (non-hydrogen) atoms. The van der Waals surface area contributed by atoms with Crippen molar-refractivity contribution in [2.75, 3.05) is 5.32 Å². The summed E-state index contributed by atoms with van der Waals surface area (Å²) in [5, 5.41) is 4.37. The van der Waals surface area contributed by atoms with Gasteiger partial charge in [0.05, 0.1) is 5.69 Å². The molecule has 0 aliphatic carbocycles. The Bertz CT molecular complexity index is 555. The van der Waals surface area contributed by atoms with Gasteiger partial charge in [-0.1, -0.05) is 29.3 Å². The first-order valence-corrected chi connectivity index (χ1v) is 6.22. The van der Waals surface area contributed by atoms with E-state index in [0.29, 0.717) is 16.6 Å². The van der Waals surface area contributed by atoms with Crippen LogP contribution in [0, 0.1) is 6.92 Å². The van der Waals surface area contributed by atoms with E-state index in [2.05, 4.69) is 16.9 Å². The van der Waals surface area contributed by atoms with Crippen molar-refractivity contribution in [2.45, 2.75) is 13.5 Å². The van der Waals surface area contributed by atoms with Gasteiger partial charge >= 0.3 is 0 Å². The highest BCUT2D eigenvalue weighted by Crippen LogP contribution is 2.25. The number of hydrogen-bond acceptors (Lipinski definition) is 2. The van der Waals surface area contributed by atoms with Gasteiger partial charge in [0.2, 0.25) is 5.95 Å². The van der Waals surface area contributed by atoms with Gasteiger partial charge in [-0.3, -0.25) is 0 Å². The summed E-state index contributed by atoms with van der Waals surface area (Å²) in [7, 11) is 0. The number of halogens is 2. The van der Waals surface area contributed by atoms with Crippen molar-refractivity contribution in [3.8, 4) is 0 Å². The van der Waals surface area contributed by atoms with Gasteiger partial charge in [0.15, 0.2) is 0 Å². The summed E-state index contributed by atoms with van der Waals surface area (Å²) in [5.74, 6) is 0.741. The van der Waals surface area contributed by atoms with E-state index in [0.717, 1.165) is 17.3 Å². The average Bonchev–Trinajstić information content (AvgIpc) is 2.58. The number of nitrogens with zero attached hydrogens (tertiary/aromatic N) is 2. The fraction of sp³-hybridized carbons (Fsp3) is 0.154. The third kappa shape index (κ3) is 3.06. The Kier molecular flexibility index (Phi) is 3.94. The van der Waals surface area contributed by atoms with E-state index >= 15 is 0 Å². The number of aryl methyl sites for hydroxylation is 1. The number of anilines is 2. The second-order valence-corrected chi connectivity index (χ2v) is 4.80. The van der Waals surface area contributed by atoms with E-state index < -0.39 is 0 Å². The first-order chi connectivity index (χ1) is 8.58. The Labute approximate surface area is 116 Å². The number of allylic oxidation sites excluding steroid dienone is 1. The van der Waals surface area contributed by atoms with Crippen molar-refractivity contribution in [2.24, 2.45) is 0 Å². The van der Waals surface area contributed by atoms with Crippen LogP contribution in [-0.4, -0.2) is 9.55 Å². The summed E-state index contributed by atoms with van der Waals surface area (Å²) in [6.07, 6.45) is 3.77. The van der Waals surface area contributed by atoms with Crippen LogP contribution in [0.1, 0.15) is 5.69 Å². The Morgan fingerprint density at radius 2 is 2.00 bits per heavy atom. The van der Waals surface area contributed by atoms with Gasteiger partial charge in [0, 0.05) is 28.5 Å². The van der Waals surface area contributed by atoms with Crippen LogP contribution in [0.3, 0.4) is 0 Å². The summed E-state index contributed by atoms with van der Waals surface area (Å²) in [6.45, 7) is 6.36. The van der Waals surface area contributed by atoms with Gasteiger partial charge in [-0.05, 0) is 25.1 Å². The Morgan fingerprint density at radius 1 is 1.33 bits per heavy atom. The quantitative estimate of drug-likeness (QED) is 0.841. The normalized spacial score (nSPS) is 10.4. The Morgan fingerprint density at radius 3 is 2.61 bits per heavy atom. The van der Waals surface area contributed by atoms with E-state index in [4.69, 9.17) is 23.2 Å². The molecule has 3 nitrogen and oxygen atoms in total. The van der Waals surface area contributed by atoms with Gasteiger partial charge in [-0.15, -0.1) is 6.58 Å². The zero-order valence-electron chi connectivity index (χ0n) is 9.95. The lowest BCUT2D eigenvalue weighted by Crippen LogP contribution is -2.01. The molecule has 1 aromatic carbocycles. The van der Waals surface area contributed by atoms with Crippen LogP contribution >= 0.6 is 23.2 Å². The number of rotatable bonds is 4. The molecule has 0 amide bonds. The summed E-state index contributed by atoms with van der Waals surface area (Å²) < 4.78 is 1.97. The maximum atomic E-state index is 5.95. The maximum absolute atomic E-state index is 5.95. The van der Waals surface area contributed by atoms with Crippen molar-refractivity contribution >= 4 is 34.8 Å². The van der Waals surface area contributed by atoms with Crippen molar-refractivity contribution in [3.05, 3.63) is 52.8 Å². The van der Waals surface area contributed by atoms with E-state index in [1.54, 1.807) is 18.2 Å². The molecule has 0 saturated heterocycles. The molecule has 1 aromatic heterocycles. The van der Waals surface area contributed by atoms with Crippen molar-refractivity contribution in [3.63, 3.8) is 0 Å². The second kappa shape index (κ2) is 5.46. The fourth-order valence-electron chi connectivity index (χ4n) is 1.68. The minimum Gasteiger partial charge on any atom is -0.325 e. The molecule has 0 radical (unpaired) electrons. The fourth-order valence-corrected chi connectivity index (χ4v) is 2.21. The lowest BCUT2D eigenvalue weighted by Gasteiger charge is -2.08. The zero-order chi connectivity index (χ0) is 13.1. The predicted octanol–water partition coefficient (Wildman–Crippen LogP) is 4.43. The van der Waals surface area contributed by atoms with Crippen molar-refractivity contribution < 1.29 is 0 Å². The lowest BCUT2D eigenvalue weighted by atomic mass is 10.3. The average molecular weight is 282 g/mol. The maximum Gasteiger partial charge on any atom is 0.207 e. The molecule has 1 heterocycles. The standard InChI is InChI=1S/C13H13Cl2N3/c1-3-4-18-8-9(2)16-13(18)17-12-6-10(14)5-11(15)7-12/h3,5-8H,1,4H2,2H3,(H,16,17). The molecule has 94 valence electrons. The molecule has 1 N–H and O–H groups in total. The van der Waals surface area contributed by atoms with Crippen molar-refractivity contribution in [1.29, 1.82) is 0 Å². The Hall–Kier alpha value is -1.45. The molecule has 0 aliphatic heterocycles. The molecule has 5 heteroatoms. The molecule has 0 unspecified atom stereocenters. The monoisotopic (exact) mass is 281 g/mol. The van der Waals surface area contributed by atoms with E-state index in [1.165, 1.54) is 0 Å². The number of hydrogen-bond donors (Lipinski definition) is 1. The number of imidazole rings is 1. The van der Waals surface area contributed by atoms with Gasteiger partial charge in [-0.2, -0.15) is 0 Å². The zero-order valence-corrected chi connectivity index (χ0v) is 11.5. The highest BCUT2D eigenvalue weighted by Gasteiger charge is 2.06. The van der Waals surface area contributed by atoms with E-state index in [1.807, 2.05) is 23.8 Å². The predicted molar refractivity (Wildman–Crippen MR) is 76.9 cm³/mol. The molecule has 0 saturated carbocycles. The smallest absolute Gasteiger partial charge is 0.207 e. The lowest BCUT2D eigenvalue weighted by molar-refractivity contribution is 0.832. The summed E-state index contributed by atoms with van der Waals surface area (Å²) in [6, 6.07) is 5.29. The minimum atomic E-state index is 0.587. The molecule has 0 atom stereocenters. The molecule has 0 spiro atoms. The molecular formula is C13H13Cl2N3. The summed E-state index contributed by atoms with van der Waals surface area (Å²) in [5.41, 5.74) is 1.75. The molecule has 0 bridgehead atoms. The highest BCUT2D eigenvalue weighted by atomic mass is 35.5. The van der Waals surface area contributed by atoms with E-state index in [-0.39, 0.29) is 0 Å². The Balaban J connectivity index is 2.30. The van der Waals surface area contributed by atoms with Crippen LogP contribution in [0.4, 0.5) is 11.6 Å². The number of nitrogens with one attached hydrogen (secondary N) is 1. The van der Waals surface area contributed by atoms with Crippen LogP contribution in [0.15, 0.2) is 37.1 Å². The SMILES string of the molecule is C=CCn1cc(C)nc1Nc1cc(Cl)cc(Cl)c1. The third-order valence-electron chi connectivity index (χ3n) is 2.34. The van der Waals surface area contributed by atoms with Crippen LogP contribution in [0.25, 0.3) is 0 Å².